The van der Waals surface area contributed by atoms with E-state index in [0.29, 0.717) is 0 Å². The third kappa shape index (κ3) is 6.42. The van der Waals surface area contributed by atoms with Crippen molar-refractivity contribution in [2.45, 2.75) is 26.3 Å². The lowest BCUT2D eigenvalue weighted by atomic mass is 10.0. The number of nitrogens with one attached hydrogen (secondary N) is 2. The highest BCUT2D eigenvalue weighted by Crippen LogP contribution is 2.17. The summed E-state index contributed by atoms with van der Waals surface area (Å²) in [5, 5.41) is 6.72. The molecule has 0 saturated carbocycles. The van der Waals surface area contributed by atoms with Crippen LogP contribution in [0.5, 0.6) is 5.75 Å². The molecule has 0 aromatic heterocycles. The first-order valence-corrected chi connectivity index (χ1v) is 8.98. The Kier molecular flexibility index (Phi) is 8.02. The third-order valence-electron chi connectivity index (χ3n) is 4.03. The molecule has 2 aromatic rings. The molecule has 0 unspecified atom stereocenters. The SMILES string of the molecule is CCOC(=O)N[C@@H](CC(=O)N/N=C\c1ccc(OC)cc1C)c1ccccc1. The van der Waals surface area contributed by atoms with Gasteiger partial charge >= 0.3 is 6.09 Å². The fourth-order valence-corrected chi connectivity index (χ4v) is 2.58. The van der Waals surface area contributed by atoms with Crippen molar-refractivity contribution in [1.29, 1.82) is 0 Å². The normalized spacial score (nSPS) is 11.7. The third-order valence-corrected chi connectivity index (χ3v) is 4.03. The molecule has 0 aliphatic heterocycles. The van der Waals surface area contributed by atoms with Crippen LogP contribution in [0.1, 0.15) is 36.1 Å². The predicted molar refractivity (Wildman–Crippen MR) is 107 cm³/mol. The Balaban J connectivity index is 2.00. The lowest BCUT2D eigenvalue weighted by Crippen LogP contribution is -2.33. The summed E-state index contributed by atoms with van der Waals surface area (Å²) in [7, 11) is 1.61. The molecule has 7 nitrogen and oxygen atoms in total. The highest BCUT2D eigenvalue weighted by molar-refractivity contribution is 5.84. The van der Waals surface area contributed by atoms with Crippen LogP contribution in [0.25, 0.3) is 0 Å². The lowest BCUT2D eigenvalue weighted by molar-refractivity contribution is -0.121. The molecule has 0 heterocycles. The van der Waals surface area contributed by atoms with E-state index in [1.807, 2.05) is 55.5 Å². The number of alkyl carbamates (subject to hydrolysis) is 1. The molecule has 0 fully saturated rings. The van der Waals surface area contributed by atoms with Crippen molar-refractivity contribution in [2.75, 3.05) is 13.7 Å². The van der Waals surface area contributed by atoms with Crippen LogP contribution in [-0.2, 0) is 9.53 Å². The molecule has 0 spiro atoms. The maximum Gasteiger partial charge on any atom is 0.407 e. The minimum atomic E-state index is -0.568. The molecule has 7 heteroatoms. The van der Waals surface area contributed by atoms with E-state index in [2.05, 4.69) is 15.8 Å². The lowest BCUT2D eigenvalue weighted by Gasteiger charge is -2.18. The summed E-state index contributed by atoms with van der Waals surface area (Å²) in [6, 6.07) is 14.3. The summed E-state index contributed by atoms with van der Waals surface area (Å²) in [6.07, 6.45) is 1.03. The number of amides is 2. The number of carbonyl (C=O) groups is 2. The van der Waals surface area contributed by atoms with E-state index in [1.54, 1.807) is 20.2 Å². The number of aryl methyl sites for hydroxylation is 1. The maximum atomic E-state index is 12.3. The van der Waals surface area contributed by atoms with Gasteiger partial charge in [-0.1, -0.05) is 30.3 Å². The van der Waals surface area contributed by atoms with Gasteiger partial charge in [-0.2, -0.15) is 5.10 Å². The quantitative estimate of drug-likeness (QED) is 0.540. The van der Waals surface area contributed by atoms with E-state index < -0.39 is 12.1 Å². The molecule has 2 rings (SSSR count). The van der Waals surface area contributed by atoms with Gasteiger partial charge in [-0.05, 0) is 48.7 Å². The standard InChI is InChI=1S/C21H25N3O4/c1-4-28-21(26)23-19(16-8-6-5-7-9-16)13-20(25)24-22-14-17-10-11-18(27-3)12-15(17)2/h5-12,14,19H,4,13H2,1-3H3,(H,23,26)(H,24,25)/b22-14-/t19-/m0/s1. The van der Waals surface area contributed by atoms with Crippen LogP contribution in [0.3, 0.4) is 0 Å². The molecule has 2 aromatic carbocycles. The van der Waals surface area contributed by atoms with Gasteiger partial charge in [0.1, 0.15) is 5.75 Å². The maximum absolute atomic E-state index is 12.3. The van der Waals surface area contributed by atoms with Gasteiger partial charge in [0.2, 0.25) is 5.91 Å². The van der Waals surface area contributed by atoms with Gasteiger partial charge in [-0.25, -0.2) is 10.2 Å². The number of ether oxygens (including phenoxy) is 2. The van der Waals surface area contributed by atoms with Crippen LogP contribution in [0.4, 0.5) is 4.79 Å². The van der Waals surface area contributed by atoms with Crippen molar-refractivity contribution in [3.63, 3.8) is 0 Å². The molecule has 28 heavy (non-hydrogen) atoms. The van der Waals surface area contributed by atoms with Gasteiger partial charge in [-0.3, -0.25) is 4.79 Å². The summed E-state index contributed by atoms with van der Waals surface area (Å²) in [5.74, 6) is 0.433. The molecule has 0 radical (unpaired) electrons. The Bertz CT molecular complexity index is 822. The molecule has 0 aliphatic rings. The number of carbonyl (C=O) groups excluding carboxylic acids is 2. The highest BCUT2D eigenvalue weighted by atomic mass is 16.5. The summed E-state index contributed by atoms with van der Waals surface area (Å²) in [5.41, 5.74) is 5.15. The first-order valence-electron chi connectivity index (χ1n) is 8.98. The van der Waals surface area contributed by atoms with E-state index in [1.165, 1.54) is 0 Å². The summed E-state index contributed by atoms with van der Waals surface area (Å²) < 4.78 is 10.1. The average Bonchev–Trinajstić information content (AvgIpc) is 2.69. The monoisotopic (exact) mass is 383 g/mol. The van der Waals surface area contributed by atoms with Gasteiger partial charge in [0.25, 0.3) is 0 Å². The Morgan fingerprint density at radius 3 is 2.57 bits per heavy atom. The summed E-state index contributed by atoms with van der Waals surface area (Å²) in [4.78, 5) is 24.1. The molecule has 2 N–H and O–H groups in total. The van der Waals surface area contributed by atoms with Gasteiger partial charge in [0, 0.05) is 0 Å². The topological polar surface area (TPSA) is 89.0 Å². The number of rotatable bonds is 8. The molecule has 148 valence electrons. The van der Waals surface area contributed by atoms with Crippen molar-refractivity contribution < 1.29 is 19.1 Å². The number of methoxy groups -OCH3 is 1. The minimum Gasteiger partial charge on any atom is -0.497 e. The zero-order valence-electron chi connectivity index (χ0n) is 16.3. The molecule has 1 atom stereocenters. The van der Waals surface area contributed by atoms with Gasteiger partial charge in [0.05, 0.1) is 32.4 Å². The molecular formula is C21H25N3O4. The van der Waals surface area contributed by atoms with Crippen molar-refractivity contribution >= 4 is 18.2 Å². The van der Waals surface area contributed by atoms with Crippen LogP contribution in [0, 0.1) is 6.92 Å². The Morgan fingerprint density at radius 1 is 1.18 bits per heavy atom. The Morgan fingerprint density at radius 2 is 1.93 bits per heavy atom. The Labute approximate surface area is 164 Å². The second-order valence-electron chi connectivity index (χ2n) is 6.05. The van der Waals surface area contributed by atoms with Crippen LogP contribution < -0.4 is 15.5 Å². The molecule has 2 amide bonds. The van der Waals surface area contributed by atoms with Crippen molar-refractivity contribution in [1.82, 2.24) is 10.7 Å². The summed E-state index contributed by atoms with van der Waals surface area (Å²) in [6.45, 7) is 3.91. The average molecular weight is 383 g/mol. The van der Waals surface area contributed by atoms with E-state index in [9.17, 15) is 9.59 Å². The van der Waals surface area contributed by atoms with Gasteiger partial charge in [0.15, 0.2) is 0 Å². The van der Waals surface area contributed by atoms with Gasteiger partial charge < -0.3 is 14.8 Å². The number of hydrogen-bond donors (Lipinski definition) is 2. The second-order valence-corrected chi connectivity index (χ2v) is 6.05. The van der Waals surface area contributed by atoms with Crippen molar-refractivity contribution in [3.05, 3.63) is 65.2 Å². The molecule has 0 aliphatic carbocycles. The largest absolute Gasteiger partial charge is 0.497 e. The second kappa shape index (κ2) is 10.7. The number of nitrogens with zero attached hydrogens (tertiary/aromatic N) is 1. The first-order chi connectivity index (χ1) is 13.5. The predicted octanol–water partition coefficient (Wildman–Crippen LogP) is 3.33. The zero-order chi connectivity index (χ0) is 20.4. The fraction of sp³-hybridized carbons (Fsp3) is 0.286. The molecule has 0 saturated heterocycles. The van der Waals surface area contributed by atoms with Crippen LogP contribution in [-0.4, -0.2) is 31.9 Å². The smallest absolute Gasteiger partial charge is 0.407 e. The number of hydrogen-bond acceptors (Lipinski definition) is 5. The van der Waals surface area contributed by atoms with Crippen LogP contribution >= 0.6 is 0 Å². The molecule has 0 bridgehead atoms. The van der Waals surface area contributed by atoms with E-state index in [-0.39, 0.29) is 18.9 Å². The van der Waals surface area contributed by atoms with Crippen molar-refractivity contribution in [3.8, 4) is 5.75 Å². The van der Waals surface area contributed by atoms with Crippen LogP contribution in [0.2, 0.25) is 0 Å². The Hall–Kier alpha value is -3.35. The fourth-order valence-electron chi connectivity index (χ4n) is 2.58. The van der Waals surface area contributed by atoms with Crippen molar-refractivity contribution in [2.24, 2.45) is 5.10 Å². The minimum absolute atomic E-state index is 0.0295. The number of hydrazone groups is 1. The molecular weight excluding hydrogens is 358 g/mol. The van der Waals surface area contributed by atoms with Gasteiger partial charge in [-0.15, -0.1) is 0 Å². The van der Waals surface area contributed by atoms with E-state index in [0.717, 1.165) is 22.4 Å². The highest BCUT2D eigenvalue weighted by Gasteiger charge is 2.18. The van der Waals surface area contributed by atoms with E-state index in [4.69, 9.17) is 9.47 Å². The first kappa shape index (κ1) is 21.0. The zero-order valence-corrected chi connectivity index (χ0v) is 16.3. The van der Waals surface area contributed by atoms with E-state index >= 15 is 0 Å². The van der Waals surface area contributed by atoms with Crippen LogP contribution in [0.15, 0.2) is 53.6 Å². The number of benzene rings is 2. The summed E-state index contributed by atoms with van der Waals surface area (Å²) >= 11 is 0.